The van der Waals surface area contributed by atoms with Crippen molar-refractivity contribution in [3.05, 3.63) is 46.8 Å². The van der Waals surface area contributed by atoms with Crippen molar-refractivity contribution >= 4 is 17.3 Å². The molecule has 0 radical (unpaired) electrons. The Morgan fingerprint density at radius 2 is 1.83 bits per heavy atom. The molecule has 4 heteroatoms. The third kappa shape index (κ3) is 4.21. The number of nitrogens with one attached hydrogen (secondary N) is 1. The lowest BCUT2D eigenvalue weighted by Crippen LogP contribution is -2.34. The van der Waals surface area contributed by atoms with Crippen LogP contribution >= 0.6 is 11.3 Å². The first-order valence-corrected chi connectivity index (χ1v) is 9.05. The summed E-state index contributed by atoms with van der Waals surface area (Å²) in [5.41, 5.74) is 2.55. The highest BCUT2D eigenvalue weighted by molar-refractivity contribution is 7.15. The van der Waals surface area contributed by atoms with Crippen LogP contribution in [0.2, 0.25) is 0 Å². The Balaban J connectivity index is 1.52. The Labute approximate surface area is 141 Å². The van der Waals surface area contributed by atoms with Crippen molar-refractivity contribution in [2.75, 3.05) is 0 Å². The summed E-state index contributed by atoms with van der Waals surface area (Å²) in [5.74, 6) is -0.771. The number of hydrogen-bond acceptors (Lipinski definition) is 3. The van der Waals surface area contributed by atoms with Gasteiger partial charge in [0.2, 0.25) is 0 Å². The second-order valence-electron chi connectivity index (χ2n) is 6.40. The number of carbonyl (C=O) groups is 1. The van der Waals surface area contributed by atoms with E-state index in [4.69, 9.17) is 5.11 Å². The van der Waals surface area contributed by atoms with Gasteiger partial charge in [-0.25, -0.2) is 0 Å². The molecule has 2 N–H and O–H groups in total. The van der Waals surface area contributed by atoms with E-state index in [1.165, 1.54) is 20.9 Å². The molecule has 0 bridgehead atoms. The second-order valence-corrected chi connectivity index (χ2v) is 7.57. The molecule has 0 aliphatic heterocycles. The normalized spacial score (nSPS) is 21.3. The van der Waals surface area contributed by atoms with Gasteiger partial charge in [0, 0.05) is 22.3 Å². The molecule has 1 fully saturated rings. The molecule has 0 spiro atoms. The predicted molar refractivity (Wildman–Crippen MR) is 94.7 cm³/mol. The van der Waals surface area contributed by atoms with Gasteiger partial charge >= 0.3 is 5.97 Å². The average Bonchev–Trinajstić information content (AvgIpc) is 3.03. The van der Waals surface area contributed by atoms with Crippen molar-refractivity contribution in [2.45, 2.75) is 45.2 Å². The number of benzene rings is 1. The Hall–Kier alpha value is -1.65. The first-order chi connectivity index (χ1) is 11.1. The number of thiophene rings is 1. The highest BCUT2D eigenvalue weighted by Crippen LogP contribution is 2.29. The average molecular weight is 329 g/mol. The van der Waals surface area contributed by atoms with Crippen molar-refractivity contribution in [1.82, 2.24) is 5.32 Å². The Morgan fingerprint density at radius 1 is 1.13 bits per heavy atom. The van der Waals surface area contributed by atoms with Crippen LogP contribution in [0, 0.1) is 12.8 Å². The number of aryl methyl sites for hydroxylation is 1. The van der Waals surface area contributed by atoms with E-state index in [1.807, 2.05) is 11.3 Å². The Morgan fingerprint density at radius 3 is 2.48 bits per heavy atom. The smallest absolute Gasteiger partial charge is 0.306 e. The third-order valence-corrected chi connectivity index (χ3v) is 5.77. The molecule has 0 atom stereocenters. The summed E-state index contributed by atoms with van der Waals surface area (Å²) in [6, 6.07) is 13.5. The number of hydrogen-bond donors (Lipinski definition) is 2. The van der Waals surface area contributed by atoms with Crippen molar-refractivity contribution in [3.63, 3.8) is 0 Å². The highest BCUT2D eigenvalue weighted by atomic mass is 32.1. The van der Waals surface area contributed by atoms with Gasteiger partial charge in [0.25, 0.3) is 0 Å². The van der Waals surface area contributed by atoms with Gasteiger partial charge in [-0.2, -0.15) is 0 Å². The molecule has 2 aromatic rings. The number of carboxylic acid groups (broad SMARTS) is 1. The highest BCUT2D eigenvalue weighted by Gasteiger charge is 2.25. The van der Waals surface area contributed by atoms with Gasteiger partial charge in [-0.1, -0.05) is 29.8 Å². The van der Waals surface area contributed by atoms with Crippen LogP contribution in [0.3, 0.4) is 0 Å². The van der Waals surface area contributed by atoms with E-state index in [0.29, 0.717) is 6.04 Å². The van der Waals surface area contributed by atoms with E-state index in [2.05, 4.69) is 48.6 Å². The van der Waals surface area contributed by atoms with E-state index in [9.17, 15) is 4.79 Å². The molecule has 122 valence electrons. The molecule has 0 saturated heterocycles. The lowest BCUT2D eigenvalue weighted by Gasteiger charge is -2.26. The molecule has 23 heavy (non-hydrogen) atoms. The van der Waals surface area contributed by atoms with Crippen LogP contribution in [0.15, 0.2) is 36.4 Å². The van der Waals surface area contributed by atoms with Crippen molar-refractivity contribution in [1.29, 1.82) is 0 Å². The van der Waals surface area contributed by atoms with Crippen molar-refractivity contribution in [3.8, 4) is 10.4 Å². The minimum Gasteiger partial charge on any atom is -0.481 e. The molecule has 1 aliphatic carbocycles. The largest absolute Gasteiger partial charge is 0.481 e. The van der Waals surface area contributed by atoms with Gasteiger partial charge in [-0.15, -0.1) is 11.3 Å². The minimum absolute atomic E-state index is 0.136. The quantitative estimate of drug-likeness (QED) is 0.851. The zero-order chi connectivity index (χ0) is 16.2. The standard InChI is InChI=1S/C19H23NO2S/c1-13-2-4-14(5-3-13)18-11-10-17(23-18)12-20-16-8-6-15(7-9-16)19(21)22/h2-5,10-11,15-16,20H,6-9,12H2,1H3,(H,21,22). The minimum atomic E-state index is -0.635. The van der Waals surface area contributed by atoms with Crippen LogP contribution < -0.4 is 5.32 Å². The third-order valence-electron chi connectivity index (χ3n) is 4.64. The molecule has 0 amide bonds. The molecule has 3 nitrogen and oxygen atoms in total. The molecule has 1 saturated carbocycles. The van der Waals surface area contributed by atoms with Crippen LogP contribution in [-0.4, -0.2) is 17.1 Å². The maximum absolute atomic E-state index is 11.0. The summed E-state index contributed by atoms with van der Waals surface area (Å²) in [6.45, 7) is 2.98. The van der Waals surface area contributed by atoms with Crippen LogP contribution in [0.5, 0.6) is 0 Å². The molecule has 1 heterocycles. The maximum atomic E-state index is 11.0. The van der Waals surface area contributed by atoms with Crippen LogP contribution in [0.4, 0.5) is 0 Å². The molecular formula is C19H23NO2S. The number of rotatable bonds is 5. The van der Waals surface area contributed by atoms with Gasteiger partial charge < -0.3 is 10.4 Å². The maximum Gasteiger partial charge on any atom is 0.306 e. The lowest BCUT2D eigenvalue weighted by molar-refractivity contribution is -0.142. The van der Waals surface area contributed by atoms with E-state index in [-0.39, 0.29) is 5.92 Å². The summed E-state index contributed by atoms with van der Waals surface area (Å²) < 4.78 is 0. The van der Waals surface area contributed by atoms with Crippen LogP contribution in [0.25, 0.3) is 10.4 Å². The van der Waals surface area contributed by atoms with Crippen LogP contribution in [-0.2, 0) is 11.3 Å². The summed E-state index contributed by atoms with van der Waals surface area (Å²) in [5, 5.41) is 12.6. The molecule has 0 unspecified atom stereocenters. The summed E-state index contributed by atoms with van der Waals surface area (Å²) in [6.07, 6.45) is 3.53. The van der Waals surface area contributed by atoms with Crippen molar-refractivity contribution in [2.24, 2.45) is 5.92 Å². The molecule has 1 aromatic heterocycles. The summed E-state index contributed by atoms with van der Waals surface area (Å²) in [7, 11) is 0. The van der Waals surface area contributed by atoms with E-state index in [0.717, 1.165) is 32.2 Å². The topological polar surface area (TPSA) is 49.3 Å². The lowest BCUT2D eigenvalue weighted by atomic mass is 9.86. The van der Waals surface area contributed by atoms with Gasteiger partial charge in [0.1, 0.15) is 0 Å². The fraction of sp³-hybridized carbons (Fsp3) is 0.421. The SMILES string of the molecule is Cc1ccc(-c2ccc(CNC3CCC(C(=O)O)CC3)s2)cc1. The molecular weight excluding hydrogens is 306 g/mol. The molecule has 1 aromatic carbocycles. The monoisotopic (exact) mass is 329 g/mol. The van der Waals surface area contributed by atoms with Gasteiger partial charge in [0.15, 0.2) is 0 Å². The zero-order valence-electron chi connectivity index (χ0n) is 13.4. The number of carboxylic acids is 1. The Kier molecular flexibility index (Phi) is 5.13. The zero-order valence-corrected chi connectivity index (χ0v) is 14.2. The van der Waals surface area contributed by atoms with Gasteiger partial charge in [-0.05, 0) is 50.3 Å². The second kappa shape index (κ2) is 7.28. The fourth-order valence-corrected chi connectivity index (χ4v) is 4.10. The molecule has 3 rings (SSSR count). The van der Waals surface area contributed by atoms with E-state index < -0.39 is 5.97 Å². The summed E-state index contributed by atoms with van der Waals surface area (Å²) >= 11 is 1.83. The van der Waals surface area contributed by atoms with E-state index in [1.54, 1.807) is 0 Å². The Bertz CT molecular complexity index is 654. The fourth-order valence-electron chi connectivity index (χ4n) is 3.14. The van der Waals surface area contributed by atoms with E-state index >= 15 is 0 Å². The van der Waals surface area contributed by atoms with Crippen LogP contribution in [0.1, 0.15) is 36.1 Å². The summed E-state index contributed by atoms with van der Waals surface area (Å²) in [4.78, 5) is 13.6. The number of aliphatic carboxylic acids is 1. The first kappa shape index (κ1) is 16.2. The van der Waals surface area contributed by atoms with Crippen molar-refractivity contribution < 1.29 is 9.90 Å². The first-order valence-electron chi connectivity index (χ1n) is 8.24. The predicted octanol–water partition coefficient (Wildman–Crippen LogP) is 4.46. The van der Waals surface area contributed by atoms with Gasteiger partial charge in [0.05, 0.1) is 5.92 Å². The van der Waals surface area contributed by atoms with Gasteiger partial charge in [-0.3, -0.25) is 4.79 Å². The molecule has 1 aliphatic rings.